The van der Waals surface area contributed by atoms with Gasteiger partial charge in [0.2, 0.25) is 0 Å². The van der Waals surface area contributed by atoms with E-state index in [2.05, 4.69) is 9.72 Å². The number of hydrogen-bond donors (Lipinski definition) is 1. The Balaban J connectivity index is 2.07. The second-order valence-electron chi connectivity index (χ2n) is 4.12. The molecule has 104 valence electrons. The summed E-state index contributed by atoms with van der Waals surface area (Å²) in [5, 5.41) is 11.0. The summed E-state index contributed by atoms with van der Waals surface area (Å²) in [6, 6.07) is 7.55. The number of thiazole rings is 1. The van der Waals surface area contributed by atoms with Crippen LogP contribution in [0.1, 0.15) is 22.5 Å². The maximum absolute atomic E-state index is 11.1. The van der Waals surface area contributed by atoms with Gasteiger partial charge in [0.15, 0.2) is 5.69 Å². The molecule has 1 heterocycles. The third kappa shape index (κ3) is 3.42. The summed E-state index contributed by atoms with van der Waals surface area (Å²) in [4.78, 5) is 25.9. The standard InChI is InChI=1S/C14H13NO4S/c1-19-12(16)7-4-9-2-5-10(6-3-9)13-15-11(8-20-13)14(17)18/h2-3,5-6,8H,4,7H2,1H3,(H,17,18). The van der Waals surface area contributed by atoms with Gasteiger partial charge in [-0.3, -0.25) is 4.79 Å². The van der Waals surface area contributed by atoms with Gasteiger partial charge in [-0.2, -0.15) is 0 Å². The molecule has 6 heteroatoms. The molecule has 0 bridgehead atoms. The number of aryl methyl sites for hydroxylation is 1. The number of hydrogen-bond acceptors (Lipinski definition) is 5. The van der Waals surface area contributed by atoms with Gasteiger partial charge in [0.05, 0.1) is 7.11 Å². The molecular weight excluding hydrogens is 278 g/mol. The smallest absolute Gasteiger partial charge is 0.355 e. The Kier molecular flexibility index (Phi) is 4.47. The molecule has 5 nitrogen and oxygen atoms in total. The number of nitrogens with zero attached hydrogens (tertiary/aromatic N) is 1. The Morgan fingerprint density at radius 2 is 2.00 bits per heavy atom. The number of carboxylic acid groups (broad SMARTS) is 1. The molecule has 2 aromatic rings. The zero-order valence-electron chi connectivity index (χ0n) is 10.8. The topological polar surface area (TPSA) is 76.5 Å². The number of methoxy groups -OCH3 is 1. The van der Waals surface area contributed by atoms with E-state index >= 15 is 0 Å². The Labute approximate surface area is 119 Å². The Morgan fingerprint density at radius 3 is 2.55 bits per heavy atom. The number of carboxylic acids is 1. The lowest BCUT2D eigenvalue weighted by atomic mass is 10.1. The van der Waals surface area contributed by atoms with Gasteiger partial charge in [0, 0.05) is 17.4 Å². The molecule has 0 saturated heterocycles. The van der Waals surface area contributed by atoms with Crippen LogP contribution in [-0.4, -0.2) is 29.1 Å². The molecule has 0 amide bonds. The zero-order valence-corrected chi connectivity index (χ0v) is 11.6. The molecule has 0 spiro atoms. The first-order chi connectivity index (χ1) is 9.60. The number of esters is 1. The number of rotatable bonds is 5. The van der Waals surface area contributed by atoms with Gasteiger partial charge in [-0.15, -0.1) is 11.3 Å². The first-order valence-corrected chi connectivity index (χ1v) is 6.83. The number of benzene rings is 1. The lowest BCUT2D eigenvalue weighted by molar-refractivity contribution is -0.140. The van der Waals surface area contributed by atoms with Crippen molar-refractivity contribution in [3.63, 3.8) is 0 Å². The van der Waals surface area contributed by atoms with Crippen molar-refractivity contribution in [2.24, 2.45) is 0 Å². The predicted octanol–water partition coefficient (Wildman–Crippen LogP) is 2.61. The summed E-state index contributed by atoms with van der Waals surface area (Å²) in [7, 11) is 1.37. The summed E-state index contributed by atoms with van der Waals surface area (Å²) < 4.78 is 4.59. The van der Waals surface area contributed by atoms with Crippen molar-refractivity contribution in [1.82, 2.24) is 4.98 Å². The van der Waals surface area contributed by atoms with Crippen LogP contribution in [0.4, 0.5) is 0 Å². The van der Waals surface area contributed by atoms with Crippen LogP contribution in [0, 0.1) is 0 Å². The fraction of sp³-hybridized carbons (Fsp3) is 0.214. The van der Waals surface area contributed by atoms with Gasteiger partial charge >= 0.3 is 11.9 Å². The van der Waals surface area contributed by atoms with Crippen molar-refractivity contribution in [1.29, 1.82) is 0 Å². The highest BCUT2D eigenvalue weighted by molar-refractivity contribution is 7.13. The molecule has 0 aliphatic rings. The number of carbonyl (C=O) groups excluding carboxylic acids is 1. The van der Waals surface area contributed by atoms with E-state index in [4.69, 9.17) is 5.11 Å². The van der Waals surface area contributed by atoms with Crippen molar-refractivity contribution < 1.29 is 19.4 Å². The summed E-state index contributed by atoms with van der Waals surface area (Å²) in [6.45, 7) is 0. The lowest BCUT2D eigenvalue weighted by Gasteiger charge is -2.02. The van der Waals surface area contributed by atoms with Crippen LogP contribution >= 0.6 is 11.3 Å². The van der Waals surface area contributed by atoms with Crippen LogP contribution < -0.4 is 0 Å². The van der Waals surface area contributed by atoms with E-state index < -0.39 is 5.97 Å². The van der Waals surface area contributed by atoms with E-state index in [1.807, 2.05) is 24.3 Å². The third-order valence-electron chi connectivity index (χ3n) is 2.77. The number of carbonyl (C=O) groups is 2. The molecule has 0 fully saturated rings. The minimum absolute atomic E-state index is 0.0553. The largest absolute Gasteiger partial charge is 0.476 e. The molecule has 0 unspecified atom stereocenters. The Morgan fingerprint density at radius 1 is 1.30 bits per heavy atom. The number of aromatic nitrogens is 1. The van der Waals surface area contributed by atoms with E-state index in [1.165, 1.54) is 23.8 Å². The molecule has 0 aliphatic heterocycles. The molecule has 1 aromatic carbocycles. The first-order valence-electron chi connectivity index (χ1n) is 5.95. The minimum Gasteiger partial charge on any atom is -0.476 e. The van der Waals surface area contributed by atoms with Crippen LogP contribution in [0.3, 0.4) is 0 Å². The highest BCUT2D eigenvalue weighted by Gasteiger charge is 2.10. The number of ether oxygens (including phenoxy) is 1. The summed E-state index contributed by atoms with van der Waals surface area (Å²) in [6.07, 6.45) is 0.960. The van der Waals surface area contributed by atoms with Gasteiger partial charge < -0.3 is 9.84 Å². The minimum atomic E-state index is -1.03. The van der Waals surface area contributed by atoms with Gasteiger partial charge in [-0.1, -0.05) is 24.3 Å². The Bertz CT molecular complexity index is 618. The first kappa shape index (κ1) is 14.2. The molecule has 1 aromatic heterocycles. The van der Waals surface area contributed by atoms with E-state index in [9.17, 15) is 9.59 Å². The lowest BCUT2D eigenvalue weighted by Crippen LogP contribution is -2.01. The van der Waals surface area contributed by atoms with Crippen molar-refractivity contribution in [3.05, 3.63) is 40.9 Å². The van der Waals surface area contributed by atoms with Crippen LogP contribution in [0.25, 0.3) is 10.6 Å². The highest BCUT2D eigenvalue weighted by Crippen LogP contribution is 2.24. The molecule has 1 N–H and O–H groups in total. The number of aromatic carboxylic acids is 1. The van der Waals surface area contributed by atoms with Gasteiger partial charge in [-0.25, -0.2) is 9.78 Å². The maximum atomic E-state index is 11.1. The molecule has 0 saturated carbocycles. The molecular formula is C14H13NO4S. The van der Waals surface area contributed by atoms with E-state index in [0.717, 1.165) is 11.1 Å². The summed E-state index contributed by atoms with van der Waals surface area (Å²) >= 11 is 1.29. The molecule has 0 aliphatic carbocycles. The summed E-state index contributed by atoms with van der Waals surface area (Å²) in [5.41, 5.74) is 1.94. The zero-order chi connectivity index (χ0) is 14.5. The maximum Gasteiger partial charge on any atom is 0.355 e. The highest BCUT2D eigenvalue weighted by atomic mass is 32.1. The predicted molar refractivity (Wildman–Crippen MR) is 74.8 cm³/mol. The van der Waals surface area contributed by atoms with Crippen molar-refractivity contribution in [3.8, 4) is 10.6 Å². The Hall–Kier alpha value is -2.21. The fourth-order valence-electron chi connectivity index (χ4n) is 1.67. The average Bonchev–Trinajstić information content (AvgIpc) is 2.95. The normalized spacial score (nSPS) is 10.2. The molecule has 0 atom stereocenters. The van der Waals surface area contributed by atoms with E-state index in [-0.39, 0.29) is 11.7 Å². The fourth-order valence-corrected chi connectivity index (χ4v) is 2.47. The van der Waals surface area contributed by atoms with Gasteiger partial charge in [0.25, 0.3) is 0 Å². The van der Waals surface area contributed by atoms with Crippen LogP contribution in [0.15, 0.2) is 29.6 Å². The molecule has 2 rings (SSSR count). The van der Waals surface area contributed by atoms with Crippen LogP contribution in [0.2, 0.25) is 0 Å². The second-order valence-corrected chi connectivity index (χ2v) is 4.97. The van der Waals surface area contributed by atoms with Gasteiger partial charge in [0.1, 0.15) is 5.01 Å². The summed E-state index contributed by atoms with van der Waals surface area (Å²) in [5.74, 6) is -1.26. The monoisotopic (exact) mass is 291 g/mol. The van der Waals surface area contributed by atoms with E-state index in [0.29, 0.717) is 17.8 Å². The van der Waals surface area contributed by atoms with Crippen LogP contribution in [-0.2, 0) is 16.0 Å². The van der Waals surface area contributed by atoms with Crippen molar-refractivity contribution >= 4 is 23.3 Å². The molecule has 20 heavy (non-hydrogen) atoms. The van der Waals surface area contributed by atoms with Gasteiger partial charge in [-0.05, 0) is 12.0 Å². The van der Waals surface area contributed by atoms with E-state index in [1.54, 1.807) is 0 Å². The quantitative estimate of drug-likeness (QED) is 0.857. The van der Waals surface area contributed by atoms with Crippen LogP contribution in [0.5, 0.6) is 0 Å². The molecule has 0 radical (unpaired) electrons. The second kappa shape index (κ2) is 6.29. The third-order valence-corrected chi connectivity index (χ3v) is 3.66. The SMILES string of the molecule is COC(=O)CCc1ccc(-c2nc(C(=O)O)cs2)cc1. The van der Waals surface area contributed by atoms with Crippen molar-refractivity contribution in [2.45, 2.75) is 12.8 Å². The average molecular weight is 291 g/mol. The van der Waals surface area contributed by atoms with Crippen molar-refractivity contribution in [2.75, 3.05) is 7.11 Å².